The molecule has 31 heavy (non-hydrogen) atoms. The van der Waals surface area contributed by atoms with Crippen LogP contribution in [0.2, 0.25) is 0 Å². The van der Waals surface area contributed by atoms with Gasteiger partial charge in [-0.15, -0.1) is 0 Å². The highest BCUT2D eigenvalue weighted by Gasteiger charge is 2.39. The summed E-state index contributed by atoms with van der Waals surface area (Å²) in [6.45, 7) is 1.84. The van der Waals surface area contributed by atoms with Crippen LogP contribution in [0.4, 0.5) is 0 Å². The summed E-state index contributed by atoms with van der Waals surface area (Å²) < 4.78 is 0. The second kappa shape index (κ2) is 9.41. The van der Waals surface area contributed by atoms with Crippen LogP contribution in [0.25, 0.3) is 0 Å². The van der Waals surface area contributed by atoms with Crippen LogP contribution in [0, 0.1) is 0 Å². The minimum Gasteiger partial charge on any atom is -0.322 e. The lowest BCUT2D eigenvalue weighted by Gasteiger charge is -2.29. The van der Waals surface area contributed by atoms with E-state index in [1.165, 1.54) is 5.56 Å². The van der Waals surface area contributed by atoms with Gasteiger partial charge in [0.05, 0.1) is 0 Å². The normalized spacial score (nSPS) is 19.3. The van der Waals surface area contributed by atoms with Crippen LogP contribution < -0.4 is 16.0 Å². The molecule has 2 aliphatic rings. The molecule has 2 aromatic carbocycles. The van der Waals surface area contributed by atoms with E-state index in [1.807, 2.05) is 43.4 Å². The number of hydrogen-bond acceptors (Lipinski definition) is 5. The highest BCUT2D eigenvalue weighted by atomic mass is 16.2. The SMILES string of the molecule is CNC(CNCc1cccc2c1CN(C1CCC(=O)NC1=O)C2=O)Cc1ccccc1. The monoisotopic (exact) mass is 420 g/mol. The summed E-state index contributed by atoms with van der Waals surface area (Å²) in [6, 6.07) is 15.8. The third-order valence-electron chi connectivity index (χ3n) is 6.12. The quantitative estimate of drug-likeness (QED) is 0.561. The van der Waals surface area contributed by atoms with Gasteiger partial charge in [0.25, 0.3) is 5.91 Å². The molecule has 1 saturated heterocycles. The first-order valence-electron chi connectivity index (χ1n) is 10.7. The molecule has 1 fully saturated rings. The van der Waals surface area contributed by atoms with Crippen LogP contribution >= 0.6 is 0 Å². The lowest BCUT2D eigenvalue weighted by Crippen LogP contribution is -2.52. The van der Waals surface area contributed by atoms with E-state index < -0.39 is 6.04 Å². The number of hydrogen-bond donors (Lipinski definition) is 3. The predicted molar refractivity (Wildman–Crippen MR) is 117 cm³/mol. The lowest BCUT2D eigenvalue weighted by molar-refractivity contribution is -0.136. The molecule has 3 amide bonds. The molecule has 2 unspecified atom stereocenters. The summed E-state index contributed by atoms with van der Waals surface area (Å²) in [7, 11) is 1.96. The van der Waals surface area contributed by atoms with E-state index in [9.17, 15) is 14.4 Å². The number of rotatable bonds is 8. The van der Waals surface area contributed by atoms with Gasteiger partial charge in [0.1, 0.15) is 6.04 Å². The van der Waals surface area contributed by atoms with E-state index in [0.29, 0.717) is 31.1 Å². The number of amides is 3. The number of fused-ring (bicyclic) bond motifs is 1. The first-order valence-corrected chi connectivity index (χ1v) is 10.7. The second-order valence-electron chi connectivity index (χ2n) is 8.15. The number of benzene rings is 2. The van der Waals surface area contributed by atoms with E-state index in [0.717, 1.165) is 24.1 Å². The average molecular weight is 421 g/mol. The van der Waals surface area contributed by atoms with E-state index in [1.54, 1.807) is 4.90 Å². The fraction of sp³-hybridized carbons (Fsp3) is 0.375. The number of piperidine rings is 1. The molecular formula is C24H28N4O3. The van der Waals surface area contributed by atoms with E-state index in [4.69, 9.17) is 0 Å². The maximum atomic E-state index is 12.9. The molecule has 7 heteroatoms. The summed E-state index contributed by atoms with van der Waals surface area (Å²) >= 11 is 0. The Balaban J connectivity index is 1.39. The van der Waals surface area contributed by atoms with E-state index >= 15 is 0 Å². The zero-order valence-electron chi connectivity index (χ0n) is 17.7. The van der Waals surface area contributed by atoms with Crippen molar-refractivity contribution in [2.24, 2.45) is 0 Å². The number of carbonyl (C=O) groups excluding carboxylic acids is 3. The highest BCUT2D eigenvalue weighted by Crippen LogP contribution is 2.29. The van der Waals surface area contributed by atoms with Crippen LogP contribution in [0.15, 0.2) is 48.5 Å². The third-order valence-corrected chi connectivity index (χ3v) is 6.12. The van der Waals surface area contributed by atoms with E-state index in [2.05, 4.69) is 28.1 Å². The maximum Gasteiger partial charge on any atom is 0.255 e. The first kappa shape index (κ1) is 21.2. The fourth-order valence-corrected chi connectivity index (χ4v) is 4.37. The molecule has 2 aliphatic heterocycles. The molecule has 0 aromatic heterocycles. The molecule has 0 saturated carbocycles. The summed E-state index contributed by atoms with van der Waals surface area (Å²) in [5, 5.41) is 9.22. The average Bonchev–Trinajstić information content (AvgIpc) is 3.11. The molecule has 0 aliphatic carbocycles. The standard InChI is InChI=1S/C24H28N4O3/c1-25-18(12-16-6-3-2-4-7-16)14-26-13-17-8-5-9-19-20(17)15-28(24(19)31)21-10-11-22(29)27-23(21)30/h2-9,18,21,25-26H,10-15H2,1H3,(H,27,29,30). The Labute approximate surface area is 182 Å². The molecule has 0 radical (unpaired) electrons. The molecule has 0 bridgehead atoms. The summed E-state index contributed by atoms with van der Waals surface area (Å²) in [5.74, 6) is -0.789. The smallest absolute Gasteiger partial charge is 0.255 e. The topological polar surface area (TPSA) is 90.5 Å². The molecule has 2 atom stereocenters. The molecule has 4 rings (SSSR count). The van der Waals surface area contributed by atoms with Gasteiger partial charge in [-0.2, -0.15) is 0 Å². The number of imide groups is 1. The minimum absolute atomic E-state index is 0.136. The number of carbonyl (C=O) groups is 3. The summed E-state index contributed by atoms with van der Waals surface area (Å²) in [6.07, 6.45) is 1.57. The molecule has 2 aromatic rings. The molecular weight excluding hydrogens is 392 g/mol. The second-order valence-corrected chi connectivity index (χ2v) is 8.15. The van der Waals surface area contributed by atoms with Gasteiger partial charge >= 0.3 is 0 Å². The van der Waals surface area contributed by atoms with Crippen molar-refractivity contribution >= 4 is 17.7 Å². The van der Waals surface area contributed by atoms with Gasteiger partial charge in [-0.25, -0.2) is 0 Å². The predicted octanol–water partition coefficient (Wildman–Crippen LogP) is 1.37. The van der Waals surface area contributed by atoms with Gasteiger partial charge in [0.2, 0.25) is 11.8 Å². The Hall–Kier alpha value is -3.03. The first-order chi connectivity index (χ1) is 15.1. The number of nitrogens with one attached hydrogen (secondary N) is 3. The Kier molecular flexibility index (Phi) is 6.44. The van der Waals surface area contributed by atoms with Crippen LogP contribution in [0.3, 0.4) is 0 Å². The molecule has 162 valence electrons. The highest BCUT2D eigenvalue weighted by molar-refractivity contribution is 6.05. The van der Waals surface area contributed by atoms with Crippen LogP contribution in [-0.2, 0) is 29.1 Å². The zero-order valence-corrected chi connectivity index (χ0v) is 17.7. The van der Waals surface area contributed by atoms with E-state index in [-0.39, 0.29) is 24.1 Å². The molecule has 2 heterocycles. The lowest BCUT2D eigenvalue weighted by atomic mass is 10.0. The molecule has 3 N–H and O–H groups in total. The Morgan fingerprint density at radius 1 is 1.10 bits per heavy atom. The molecule has 7 nitrogen and oxygen atoms in total. The van der Waals surface area contributed by atoms with Gasteiger partial charge in [-0.05, 0) is 42.6 Å². The summed E-state index contributed by atoms with van der Waals surface area (Å²) in [4.78, 5) is 38.2. The van der Waals surface area contributed by atoms with Crippen molar-refractivity contribution in [1.29, 1.82) is 0 Å². The van der Waals surface area contributed by atoms with Gasteiger partial charge in [0.15, 0.2) is 0 Å². The van der Waals surface area contributed by atoms with Gasteiger partial charge in [0, 0.05) is 37.7 Å². The maximum absolute atomic E-state index is 12.9. The van der Waals surface area contributed by atoms with Crippen molar-refractivity contribution < 1.29 is 14.4 Å². The van der Waals surface area contributed by atoms with Crippen LogP contribution in [0.1, 0.15) is 39.9 Å². The Bertz CT molecular complexity index is 976. The van der Waals surface area contributed by atoms with Crippen LogP contribution in [-0.4, -0.2) is 48.3 Å². The van der Waals surface area contributed by atoms with Gasteiger partial charge in [-0.3, -0.25) is 19.7 Å². The van der Waals surface area contributed by atoms with Crippen molar-refractivity contribution in [3.63, 3.8) is 0 Å². The van der Waals surface area contributed by atoms with Crippen molar-refractivity contribution in [3.8, 4) is 0 Å². The minimum atomic E-state index is -0.585. The summed E-state index contributed by atoms with van der Waals surface area (Å²) in [5.41, 5.74) is 3.97. The Morgan fingerprint density at radius 2 is 1.90 bits per heavy atom. The van der Waals surface area contributed by atoms with Gasteiger partial charge < -0.3 is 15.5 Å². The third kappa shape index (κ3) is 4.68. The zero-order chi connectivity index (χ0) is 21.8. The largest absolute Gasteiger partial charge is 0.322 e. The number of nitrogens with zero attached hydrogens (tertiary/aromatic N) is 1. The van der Waals surface area contributed by atoms with Crippen molar-refractivity contribution in [2.45, 2.75) is 44.4 Å². The van der Waals surface area contributed by atoms with Gasteiger partial charge in [-0.1, -0.05) is 42.5 Å². The number of likely N-dealkylation sites (N-methyl/N-ethyl adjacent to an activating group) is 1. The van der Waals surface area contributed by atoms with Crippen molar-refractivity contribution in [1.82, 2.24) is 20.9 Å². The van der Waals surface area contributed by atoms with Crippen LogP contribution in [0.5, 0.6) is 0 Å². The Morgan fingerprint density at radius 3 is 2.65 bits per heavy atom. The molecule has 0 spiro atoms. The fourth-order valence-electron chi connectivity index (χ4n) is 4.37. The van der Waals surface area contributed by atoms with Crippen molar-refractivity contribution in [2.75, 3.05) is 13.6 Å². The van der Waals surface area contributed by atoms with Crippen molar-refractivity contribution in [3.05, 3.63) is 70.8 Å².